The Bertz CT molecular complexity index is 1420. The van der Waals surface area contributed by atoms with Crippen LogP contribution in [0.4, 0.5) is 0 Å². The molecule has 0 radical (unpaired) electrons. The molecule has 2 heterocycles. The van der Waals surface area contributed by atoms with Crippen molar-refractivity contribution < 1.29 is 8.98 Å². The van der Waals surface area contributed by atoms with Gasteiger partial charge in [-0.2, -0.15) is 5.26 Å². The molecule has 5 rings (SSSR count). The Morgan fingerprint density at radius 3 is 2.41 bits per heavy atom. The first-order valence-corrected chi connectivity index (χ1v) is 9.58. The first kappa shape index (κ1) is 17.2. The summed E-state index contributed by atoms with van der Waals surface area (Å²) in [5.41, 5.74) is 7.66. The quantitative estimate of drug-likeness (QED) is 0.359. The summed E-state index contributed by atoms with van der Waals surface area (Å²) in [6.07, 6.45) is 2.14. The maximum absolute atomic E-state index is 9.72. The van der Waals surface area contributed by atoms with E-state index in [0.29, 0.717) is 5.56 Å². The van der Waals surface area contributed by atoms with Crippen molar-refractivity contribution in [3.8, 4) is 28.5 Å². The van der Waals surface area contributed by atoms with E-state index in [1.807, 2.05) is 62.5 Å². The van der Waals surface area contributed by atoms with Gasteiger partial charge < -0.3 is 4.42 Å². The van der Waals surface area contributed by atoms with E-state index >= 15 is 0 Å². The first-order chi connectivity index (χ1) is 14.2. The third kappa shape index (κ3) is 2.69. The predicted molar refractivity (Wildman–Crippen MR) is 115 cm³/mol. The van der Waals surface area contributed by atoms with Gasteiger partial charge in [-0.25, -0.2) is 4.57 Å². The average molecular weight is 375 g/mol. The largest absolute Gasteiger partial charge is 0.455 e. The molecule has 0 atom stereocenters. The van der Waals surface area contributed by atoms with Crippen LogP contribution < -0.4 is 4.57 Å². The Morgan fingerprint density at radius 1 is 0.897 bits per heavy atom. The molecule has 0 fully saturated rings. The van der Waals surface area contributed by atoms with Gasteiger partial charge >= 0.3 is 0 Å². The van der Waals surface area contributed by atoms with Crippen LogP contribution in [0.3, 0.4) is 0 Å². The highest BCUT2D eigenvalue weighted by Crippen LogP contribution is 2.39. The minimum Gasteiger partial charge on any atom is -0.455 e. The Labute approximate surface area is 169 Å². The summed E-state index contributed by atoms with van der Waals surface area (Å²) in [5.74, 6) is 0. The molecule has 0 spiro atoms. The summed E-state index contributed by atoms with van der Waals surface area (Å²) in [5, 5.41) is 11.6. The van der Waals surface area contributed by atoms with Crippen molar-refractivity contribution in [2.24, 2.45) is 7.05 Å². The molecule has 5 aromatic rings. The first-order valence-electron chi connectivity index (χ1n) is 9.58. The highest BCUT2D eigenvalue weighted by atomic mass is 16.3. The minimum absolute atomic E-state index is 0.648. The summed E-state index contributed by atoms with van der Waals surface area (Å²) >= 11 is 0. The van der Waals surface area contributed by atoms with Crippen molar-refractivity contribution >= 4 is 21.9 Å². The number of pyridine rings is 1. The van der Waals surface area contributed by atoms with Crippen molar-refractivity contribution in [3.63, 3.8) is 0 Å². The Balaban J connectivity index is 1.80. The molecule has 29 heavy (non-hydrogen) atoms. The molecule has 0 saturated heterocycles. The second kappa shape index (κ2) is 6.61. The molecule has 2 aromatic heterocycles. The van der Waals surface area contributed by atoms with Crippen LogP contribution in [0.1, 0.15) is 11.1 Å². The topological polar surface area (TPSA) is 40.8 Å². The highest BCUT2D eigenvalue weighted by Gasteiger charge is 2.23. The normalized spacial score (nSPS) is 11.1. The molecule has 0 N–H and O–H groups in total. The number of benzene rings is 3. The van der Waals surface area contributed by atoms with E-state index in [1.165, 1.54) is 5.56 Å². The number of aromatic nitrogens is 1. The summed E-state index contributed by atoms with van der Waals surface area (Å²) in [6.45, 7) is 2.04. The maximum Gasteiger partial charge on any atom is 0.216 e. The summed E-state index contributed by atoms with van der Waals surface area (Å²) < 4.78 is 8.40. The lowest BCUT2D eigenvalue weighted by molar-refractivity contribution is -0.659. The second-order valence-electron chi connectivity index (χ2n) is 7.31. The van der Waals surface area contributed by atoms with E-state index in [2.05, 4.69) is 41.1 Å². The van der Waals surface area contributed by atoms with Crippen LogP contribution in [-0.4, -0.2) is 0 Å². The molecule has 3 nitrogen and oxygen atoms in total. The molecule has 0 unspecified atom stereocenters. The Hall–Kier alpha value is -3.90. The van der Waals surface area contributed by atoms with E-state index in [4.69, 9.17) is 4.42 Å². The summed E-state index contributed by atoms with van der Waals surface area (Å²) in [6, 6.07) is 26.8. The average Bonchev–Trinajstić information content (AvgIpc) is 3.13. The SMILES string of the molecule is Cc1cc(C#N)c2c(oc3ccccc32)c1-c1ccc(-c2ccccc2)c[n+]1C. The van der Waals surface area contributed by atoms with Crippen LogP contribution in [0, 0.1) is 18.3 Å². The van der Waals surface area contributed by atoms with Crippen molar-refractivity contribution in [1.82, 2.24) is 0 Å². The molecule has 0 bridgehead atoms. The van der Waals surface area contributed by atoms with E-state index in [1.54, 1.807) is 0 Å². The zero-order valence-electron chi connectivity index (χ0n) is 16.3. The predicted octanol–water partition coefficient (Wildman–Crippen LogP) is 5.92. The van der Waals surface area contributed by atoms with E-state index in [0.717, 1.165) is 44.3 Å². The molecule has 0 aliphatic heterocycles. The lowest BCUT2D eigenvalue weighted by atomic mass is 9.96. The number of hydrogen-bond donors (Lipinski definition) is 0. The number of fused-ring (bicyclic) bond motifs is 3. The monoisotopic (exact) mass is 375 g/mol. The van der Waals surface area contributed by atoms with Gasteiger partial charge in [0.15, 0.2) is 11.8 Å². The van der Waals surface area contributed by atoms with Gasteiger partial charge in [-0.05, 0) is 36.2 Å². The number of rotatable bonds is 2. The lowest BCUT2D eigenvalue weighted by Gasteiger charge is -2.08. The van der Waals surface area contributed by atoms with Crippen LogP contribution in [0.5, 0.6) is 0 Å². The summed E-state index contributed by atoms with van der Waals surface area (Å²) in [7, 11) is 2.05. The number of nitrogens with zero attached hydrogens (tertiary/aromatic N) is 2. The van der Waals surface area contributed by atoms with Crippen molar-refractivity contribution in [2.45, 2.75) is 6.92 Å². The molecule has 3 heteroatoms. The van der Waals surface area contributed by atoms with Gasteiger partial charge in [-0.15, -0.1) is 0 Å². The lowest BCUT2D eigenvalue weighted by Crippen LogP contribution is -2.31. The van der Waals surface area contributed by atoms with E-state index in [9.17, 15) is 5.26 Å². The molecular formula is C26H19N2O+. The van der Waals surface area contributed by atoms with Crippen LogP contribution >= 0.6 is 0 Å². The number of nitriles is 1. The van der Waals surface area contributed by atoms with Gasteiger partial charge in [-0.1, -0.05) is 48.5 Å². The van der Waals surface area contributed by atoms with E-state index in [-0.39, 0.29) is 0 Å². The zero-order valence-corrected chi connectivity index (χ0v) is 16.3. The fraction of sp³-hybridized carbons (Fsp3) is 0.0769. The highest BCUT2D eigenvalue weighted by molar-refractivity contribution is 6.12. The zero-order chi connectivity index (χ0) is 20.0. The van der Waals surface area contributed by atoms with Gasteiger partial charge in [0.2, 0.25) is 5.69 Å². The van der Waals surface area contributed by atoms with Crippen molar-refractivity contribution in [3.05, 3.63) is 90.1 Å². The van der Waals surface area contributed by atoms with Gasteiger partial charge in [-0.3, -0.25) is 0 Å². The fourth-order valence-corrected chi connectivity index (χ4v) is 4.10. The number of para-hydroxylation sites is 1. The Kier molecular flexibility index (Phi) is 3.93. The molecule has 138 valence electrons. The molecule has 0 aliphatic carbocycles. The van der Waals surface area contributed by atoms with Crippen LogP contribution in [0.2, 0.25) is 0 Å². The fourth-order valence-electron chi connectivity index (χ4n) is 4.10. The minimum atomic E-state index is 0.648. The Morgan fingerprint density at radius 2 is 1.66 bits per heavy atom. The smallest absolute Gasteiger partial charge is 0.216 e. The molecule has 0 aliphatic rings. The maximum atomic E-state index is 9.72. The molecular weight excluding hydrogens is 356 g/mol. The number of furan rings is 1. The summed E-state index contributed by atoms with van der Waals surface area (Å²) in [4.78, 5) is 0. The molecule has 3 aromatic carbocycles. The molecule has 0 saturated carbocycles. The molecule has 0 amide bonds. The van der Waals surface area contributed by atoms with Gasteiger partial charge in [0.25, 0.3) is 0 Å². The van der Waals surface area contributed by atoms with Crippen LogP contribution in [0.15, 0.2) is 83.4 Å². The number of aryl methyl sites for hydroxylation is 2. The van der Waals surface area contributed by atoms with Crippen molar-refractivity contribution in [2.75, 3.05) is 0 Å². The standard InChI is InChI=1S/C26H19N2O/c1-17-14-20(15-27)25-21-10-6-7-11-23(21)29-26(25)24(17)22-13-12-19(16-28(22)2)18-8-4-3-5-9-18/h3-14,16H,1-2H3/q+1. The van der Waals surface area contributed by atoms with Crippen LogP contribution in [0.25, 0.3) is 44.3 Å². The van der Waals surface area contributed by atoms with Crippen molar-refractivity contribution in [1.29, 1.82) is 5.26 Å². The number of hydrogen-bond acceptors (Lipinski definition) is 2. The van der Waals surface area contributed by atoms with Gasteiger partial charge in [0.1, 0.15) is 12.6 Å². The van der Waals surface area contributed by atoms with Gasteiger partial charge in [0.05, 0.1) is 17.2 Å². The van der Waals surface area contributed by atoms with Gasteiger partial charge in [0, 0.05) is 22.4 Å². The third-order valence-electron chi connectivity index (χ3n) is 5.46. The second-order valence-corrected chi connectivity index (χ2v) is 7.31. The third-order valence-corrected chi connectivity index (χ3v) is 5.46. The van der Waals surface area contributed by atoms with Crippen LogP contribution in [-0.2, 0) is 7.05 Å². The van der Waals surface area contributed by atoms with E-state index < -0.39 is 0 Å².